The Morgan fingerprint density at radius 1 is 1.11 bits per heavy atom. The number of carbonyl (C=O) groups excluding carboxylic acids is 2. The SMILES string of the molecule is O=C(CCCONC(=O)c1ccc(F)c(F)c1Nc1ccc(I)cc1F)NO. The fourth-order valence-corrected chi connectivity index (χ4v) is 2.57. The lowest BCUT2D eigenvalue weighted by Crippen LogP contribution is -2.26. The van der Waals surface area contributed by atoms with Crippen LogP contribution in [0.5, 0.6) is 0 Å². The number of amides is 2. The number of halogens is 4. The molecule has 0 radical (unpaired) electrons. The monoisotopic (exact) mass is 509 g/mol. The third-order valence-corrected chi connectivity index (χ3v) is 4.14. The molecular weight excluding hydrogens is 494 g/mol. The van der Waals surface area contributed by atoms with Gasteiger partial charge in [0.2, 0.25) is 5.91 Å². The van der Waals surface area contributed by atoms with Crippen molar-refractivity contribution < 1.29 is 32.8 Å². The lowest BCUT2D eigenvalue weighted by Gasteiger charge is -2.14. The Kier molecular flexibility index (Phi) is 8.02. The van der Waals surface area contributed by atoms with Crippen molar-refractivity contribution in [3.05, 3.63) is 56.9 Å². The molecule has 0 aromatic heterocycles. The second kappa shape index (κ2) is 10.2. The van der Waals surface area contributed by atoms with Gasteiger partial charge >= 0.3 is 0 Å². The highest BCUT2D eigenvalue weighted by Gasteiger charge is 2.20. The van der Waals surface area contributed by atoms with Crippen LogP contribution < -0.4 is 16.3 Å². The Morgan fingerprint density at radius 3 is 2.54 bits per heavy atom. The van der Waals surface area contributed by atoms with Gasteiger partial charge in [-0.25, -0.2) is 24.1 Å². The molecule has 0 atom stereocenters. The van der Waals surface area contributed by atoms with E-state index >= 15 is 0 Å². The predicted octanol–water partition coefficient (Wildman–Crippen LogP) is 3.40. The summed E-state index contributed by atoms with van der Waals surface area (Å²) in [4.78, 5) is 28.0. The van der Waals surface area contributed by atoms with Gasteiger partial charge in [0.1, 0.15) is 5.82 Å². The van der Waals surface area contributed by atoms with Gasteiger partial charge in [0, 0.05) is 9.99 Å². The number of carbonyl (C=O) groups is 2. The van der Waals surface area contributed by atoms with Crippen molar-refractivity contribution in [3.63, 3.8) is 0 Å². The van der Waals surface area contributed by atoms with E-state index in [9.17, 15) is 22.8 Å². The lowest BCUT2D eigenvalue weighted by molar-refractivity contribution is -0.129. The third kappa shape index (κ3) is 5.81. The number of benzene rings is 2. The zero-order chi connectivity index (χ0) is 20.7. The van der Waals surface area contributed by atoms with E-state index in [2.05, 4.69) is 5.32 Å². The second-order valence-corrected chi connectivity index (χ2v) is 6.70. The molecule has 4 N–H and O–H groups in total. The Bertz CT molecular complexity index is 883. The molecule has 28 heavy (non-hydrogen) atoms. The van der Waals surface area contributed by atoms with E-state index in [-0.39, 0.29) is 30.7 Å². The number of hydrogen-bond acceptors (Lipinski definition) is 5. The molecule has 0 spiro atoms. The van der Waals surface area contributed by atoms with Crippen LogP contribution in [0.1, 0.15) is 23.2 Å². The van der Waals surface area contributed by atoms with Gasteiger partial charge in [0.25, 0.3) is 5.91 Å². The molecular formula is C17H15F3IN3O4. The predicted molar refractivity (Wildman–Crippen MR) is 101 cm³/mol. The van der Waals surface area contributed by atoms with Crippen LogP contribution in [-0.4, -0.2) is 23.6 Å². The number of rotatable bonds is 8. The fraction of sp³-hybridized carbons (Fsp3) is 0.176. The Morgan fingerprint density at radius 2 is 1.86 bits per heavy atom. The standard InChI is InChI=1S/C17H15F3IN3O4/c18-11-5-4-10(17(26)24-28-7-1-2-14(25)23-27)16(15(11)20)22-13-6-3-9(21)8-12(13)19/h3-6,8,22,27H,1-2,7H2,(H,23,25)(H,24,26). The van der Waals surface area contributed by atoms with Crippen LogP contribution in [0.25, 0.3) is 0 Å². The number of nitrogens with one attached hydrogen (secondary N) is 3. The van der Waals surface area contributed by atoms with Crippen molar-refractivity contribution in [2.24, 2.45) is 0 Å². The smallest absolute Gasteiger partial charge is 0.277 e. The third-order valence-electron chi connectivity index (χ3n) is 3.47. The second-order valence-electron chi connectivity index (χ2n) is 5.45. The average Bonchev–Trinajstić information content (AvgIpc) is 2.66. The molecule has 150 valence electrons. The van der Waals surface area contributed by atoms with E-state index in [1.807, 2.05) is 28.1 Å². The van der Waals surface area contributed by atoms with Crippen LogP contribution in [0.2, 0.25) is 0 Å². The van der Waals surface area contributed by atoms with E-state index in [1.54, 1.807) is 6.07 Å². The summed E-state index contributed by atoms with van der Waals surface area (Å²) in [5.74, 6) is -4.81. The molecule has 0 aliphatic heterocycles. The zero-order valence-corrected chi connectivity index (χ0v) is 16.3. The van der Waals surface area contributed by atoms with E-state index in [4.69, 9.17) is 10.0 Å². The Labute approximate surface area is 171 Å². The van der Waals surface area contributed by atoms with Gasteiger partial charge in [-0.1, -0.05) is 0 Å². The Hall–Kier alpha value is -2.38. The number of hydrogen-bond donors (Lipinski definition) is 4. The van der Waals surface area contributed by atoms with Gasteiger partial charge < -0.3 is 5.32 Å². The Balaban J connectivity index is 2.12. The molecule has 2 aromatic rings. The first-order chi connectivity index (χ1) is 13.3. The van der Waals surface area contributed by atoms with Gasteiger partial charge in [-0.15, -0.1) is 0 Å². The normalized spacial score (nSPS) is 10.5. The van der Waals surface area contributed by atoms with Gasteiger partial charge in [0.05, 0.1) is 23.5 Å². The first-order valence-corrected chi connectivity index (χ1v) is 8.96. The van der Waals surface area contributed by atoms with Gasteiger partial charge in [-0.3, -0.25) is 19.6 Å². The molecule has 0 bridgehead atoms. The maximum absolute atomic E-state index is 14.2. The van der Waals surface area contributed by atoms with E-state index < -0.39 is 35.0 Å². The molecule has 0 heterocycles. The molecule has 2 aromatic carbocycles. The van der Waals surface area contributed by atoms with E-state index in [1.165, 1.54) is 17.6 Å². The average molecular weight is 509 g/mol. The summed E-state index contributed by atoms with van der Waals surface area (Å²) in [6.45, 7) is -0.0721. The molecule has 0 aliphatic rings. The maximum Gasteiger partial charge on any atom is 0.277 e. The summed E-state index contributed by atoms with van der Waals surface area (Å²) in [5, 5.41) is 10.7. The van der Waals surface area contributed by atoms with Crippen molar-refractivity contribution in [3.8, 4) is 0 Å². The van der Waals surface area contributed by atoms with Crippen LogP contribution in [0, 0.1) is 21.0 Å². The van der Waals surface area contributed by atoms with Crippen LogP contribution in [-0.2, 0) is 9.63 Å². The van der Waals surface area contributed by atoms with Crippen molar-refractivity contribution in [2.45, 2.75) is 12.8 Å². The first-order valence-electron chi connectivity index (χ1n) is 7.88. The van der Waals surface area contributed by atoms with Gasteiger partial charge in [-0.05, 0) is 59.3 Å². The molecule has 0 fully saturated rings. The van der Waals surface area contributed by atoms with Crippen molar-refractivity contribution >= 4 is 45.8 Å². The fourth-order valence-electron chi connectivity index (χ4n) is 2.12. The zero-order valence-electron chi connectivity index (χ0n) is 14.2. The highest BCUT2D eigenvalue weighted by Crippen LogP contribution is 2.28. The topological polar surface area (TPSA) is 99.7 Å². The van der Waals surface area contributed by atoms with E-state index in [0.29, 0.717) is 3.57 Å². The highest BCUT2D eigenvalue weighted by molar-refractivity contribution is 14.1. The minimum absolute atomic E-state index is 0.0452. The van der Waals surface area contributed by atoms with Crippen LogP contribution in [0.3, 0.4) is 0 Å². The lowest BCUT2D eigenvalue weighted by atomic mass is 10.1. The molecule has 2 amide bonds. The minimum atomic E-state index is -1.36. The molecule has 2 rings (SSSR count). The largest absolute Gasteiger partial charge is 0.350 e. The molecule has 0 aliphatic carbocycles. The van der Waals surface area contributed by atoms with Crippen molar-refractivity contribution in [1.29, 1.82) is 0 Å². The summed E-state index contributed by atoms with van der Waals surface area (Å²) in [7, 11) is 0. The maximum atomic E-state index is 14.2. The van der Waals surface area contributed by atoms with Crippen LogP contribution in [0.4, 0.5) is 24.5 Å². The molecule has 7 nitrogen and oxygen atoms in total. The van der Waals surface area contributed by atoms with Crippen LogP contribution in [0.15, 0.2) is 30.3 Å². The molecule has 0 saturated heterocycles. The number of hydroxylamine groups is 2. The quantitative estimate of drug-likeness (QED) is 0.189. The first kappa shape index (κ1) is 21.9. The highest BCUT2D eigenvalue weighted by atomic mass is 127. The molecule has 11 heteroatoms. The van der Waals surface area contributed by atoms with Crippen LogP contribution >= 0.6 is 22.6 Å². The minimum Gasteiger partial charge on any atom is -0.350 e. The summed E-state index contributed by atoms with van der Waals surface area (Å²) >= 11 is 1.89. The van der Waals surface area contributed by atoms with Gasteiger partial charge in [0.15, 0.2) is 11.6 Å². The van der Waals surface area contributed by atoms with Gasteiger partial charge in [-0.2, -0.15) is 0 Å². The van der Waals surface area contributed by atoms with Crippen molar-refractivity contribution in [1.82, 2.24) is 11.0 Å². The summed E-state index contributed by atoms with van der Waals surface area (Å²) in [5.41, 5.74) is 2.46. The van der Waals surface area contributed by atoms with E-state index in [0.717, 1.165) is 12.1 Å². The summed E-state index contributed by atoms with van der Waals surface area (Å²) in [6.07, 6.45) is 0.139. The summed E-state index contributed by atoms with van der Waals surface area (Å²) in [6, 6.07) is 5.83. The number of anilines is 2. The molecule has 0 saturated carbocycles. The molecule has 0 unspecified atom stereocenters. The summed E-state index contributed by atoms with van der Waals surface area (Å²) < 4.78 is 42.5. The van der Waals surface area contributed by atoms with Crippen molar-refractivity contribution in [2.75, 3.05) is 11.9 Å².